The van der Waals surface area contributed by atoms with Gasteiger partial charge in [-0.2, -0.15) is 0 Å². The lowest BCUT2D eigenvalue weighted by Crippen LogP contribution is -2.71. The lowest BCUT2D eigenvalue weighted by Gasteiger charge is -2.39. The van der Waals surface area contributed by atoms with Gasteiger partial charge in [-0.05, 0) is 31.2 Å². The largest absolute Gasteiger partial charge is 0.479 e. The van der Waals surface area contributed by atoms with Crippen molar-refractivity contribution in [2.24, 2.45) is 0 Å². The van der Waals surface area contributed by atoms with Crippen LogP contribution in [0.25, 0.3) is 0 Å². The molecule has 5 atom stereocenters. The smallest absolute Gasteiger partial charge is 0.348 e. The number of piperidine rings is 1. The highest BCUT2D eigenvalue weighted by molar-refractivity contribution is 6.28. The quantitative estimate of drug-likeness (QED) is 0.176. The molecule has 41 heavy (non-hydrogen) atoms. The Bertz CT molecular complexity index is 1340. The average molecular weight is 562 g/mol. The third-order valence-corrected chi connectivity index (χ3v) is 7.87. The zero-order valence-corrected chi connectivity index (χ0v) is 22.0. The molecule has 2 saturated heterocycles. The second-order valence-corrected chi connectivity index (χ2v) is 10.2. The van der Waals surface area contributed by atoms with E-state index < -0.39 is 45.8 Å². The molecule has 0 amide bonds. The molecule has 214 valence electrons. The molecule has 0 aliphatic carbocycles. The van der Waals surface area contributed by atoms with Gasteiger partial charge < -0.3 is 30.8 Å². The minimum absolute atomic E-state index is 0.149. The van der Waals surface area contributed by atoms with Crippen molar-refractivity contribution >= 4 is 23.5 Å². The van der Waals surface area contributed by atoms with E-state index in [1.54, 1.807) is 0 Å². The molecule has 0 saturated carbocycles. The number of fused-ring (bicyclic) bond motifs is 2. The maximum absolute atomic E-state index is 12.6. The Morgan fingerprint density at radius 1 is 0.659 bits per heavy atom. The number of nitrogens with one attached hydrogen (secondary N) is 1. The molecule has 2 fully saturated rings. The summed E-state index contributed by atoms with van der Waals surface area (Å²) in [7, 11) is 0. The van der Waals surface area contributed by atoms with Crippen molar-refractivity contribution in [3.05, 3.63) is 108 Å². The third kappa shape index (κ3) is 5.18. The van der Waals surface area contributed by atoms with E-state index in [1.165, 1.54) is 48.4 Å². The summed E-state index contributed by atoms with van der Waals surface area (Å²) in [5.74, 6) is -8.03. The van der Waals surface area contributed by atoms with Crippen molar-refractivity contribution in [1.29, 1.82) is 0 Å². The number of aliphatic carboxylic acids is 2. The fraction of sp³-hybridized carbons (Fsp3) is 0.290. The molecule has 0 radical (unpaired) electrons. The molecule has 3 aromatic rings. The lowest BCUT2D eigenvalue weighted by atomic mass is 9.73. The molecule has 10 heteroatoms. The van der Waals surface area contributed by atoms with Gasteiger partial charge in [-0.3, -0.25) is 9.59 Å². The van der Waals surface area contributed by atoms with Crippen LogP contribution in [-0.2, 0) is 15.1 Å². The van der Waals surface area contributed by atoms with Crippen molar-refractivity contribution in [2.45, 2.75) is 54.6 Å². The fourth-order valence-electron chi connectivity index (χ4n) is 5.58. The van der Waals surface area contributed by atoms with Crippen LogP contribution in [0.3, 0.4) is 0 Å². The van der Waals surface area contributed by atoms with Gasteiger partial charge in [0.05, 0.1) is 11.6 Å². The maximum Gasteiger partial charge on any atom is 0.348 e. The predicted octanol–water partition coefficient (Wildman–Crippen LogP) is 2.17. The summed E-state index contributed by atoms with van der Waals surface area (Å²) in [5, 5.41) is 53.7. The highest BCUT2D eigenvalue weighted by atomic mass is 16.5. The van der Waals surface area contributed by atoms with Gasteiger partial charge in [0.1, 0.15) is 0 Å². The third-order valence-electron chi connectivity index (χ3n) is 7.87. The summed E-state index contributed by atoms with van der Waals surface area (Å²) in [6.45, 7) is 0. The zero-order valence-electron chi connectivity index (χ0n) is 22.0. The summed E-state index contributed by atoms with van der Waals surface area (Å²) in [4.78, 5) is 48.5. The minimum Gasteiger partial charge on any atom is -0.479 e. The number of Topliss-reactive ketones (excluding diaryl/α,β-unsaturated/α-hetero) is 2. The first kappa shape index (κ1) is 29.8. The molecular weight excluding hydrogens is 530 g/mol. The summed E-state index contributed by atoms with van der Waals surface area (Å²) in [6.07, 6.45) is 4.11. The van der Waals surface area contributed by atoms with E-state index in [-0.39, 0.29) is 11.6 Å². The van der Waals surface area contributed by atoms with E-state index in [1.807, 2.05) is 6.07 Å². The Kier molecular flexibility index (Phi) is 8.50. The van der Waals surface area contributed by atoms with Crippen molar-refractivity contribution < 1.29 is 44.7 Å². The average Bonchev–Trinajstić information content (AvgIpc) is 3.38. The second-order valence-electron chi connectivity index (χ2n) is 10.2. The molecule has 2 heterocycles. The number of hydrogen-bond donors (Lipinski definition) is 6. The fourth-order valence-corrected chi connectivity index (χ4v) is 5.58. The summed E-state index contributed by atoms with van der Waals surface area (Å²) >= 11 is 0. The molecule has 0 aromatic heterocycles. The summed E-state index contributed by atoms with van der Waals surface area (Å²) in [5.41, 5.74) is -7.58. The first-order valence-corrected chi connectivity index (χ1v) is 13.1. The molecule has 6 N–H and O–H groups in total. The Morgan fingerprint density at radius 3 is 1.49 bits per heavy atom. The normalized spacial score (nSPS) is 24.1. The SMILES string of the molecule is O=C(O)C(O)(C(=O)c1ccccc1)C(O)(C(=O)O)C(=O)c1ccccc1.O[C@H]1CC[C@@H]2CC[C@@]1(c1ccccc1)N2. The molecule has 2 unspecified atom stereocenters. The Morgan fingerprint density at radius 2 is 1.07 bits per heavy atom. The number of ketones is 2. The van der Waals surface area contributed by atoms with Crippen LogP contribution in [0.2, 0.25) is 0 Å². The van der Waals surface area contributed by atoms with E-state index in [9.17, 15) is 44.7 Å². The van der Waals surface area contributed by atoms with Gasteiger partial charge in [0.15, 0.2) is 0 Å². The molecule has 3 aromatic carbocycles. The number of aliphatic hydroxyl groups is 3. The van der Waals surface area contributed by atoms with Gasteiger partial charge in [-0.15, -0.1) is 0 Å². The van der Waals surface area contributed by atoms with Crippen molar-refractivity contribution in [2.75, 3.05) is 0 Å². The van der Waals surface area contributed by atoms with E-state index in [2.05, 4.69) is 29.6 Å². The van der Waals surface area contributed by atoms with Crippen LogP contribution in [0.4, 0.5) is 0 Å². The number of hydrogen-bond acceptors (Lipinski definition) is 8. The number of carboxylic acid groups (broad SMARTS) is 2. The summed E-state index contributed by atoms with van der Waals surface area (Å²) < 4.78 is 0. The van der Waals surface area contributed by atoms with Crippen LogP contribution >= 0.6 is 0 Å². The standard InChI is InChI=1S/C18H14O8.C13H17NO/c19-13(11-7-3-1-4-8-11)17(25,15(21)22)18(26,16(23)24)14(20)12-9-5-2-6-10-12;15-12-7-6-11-8-9-13(12,14-11)10-4-2-1-3-5-10/h1-10,25-26H,(H,21,22)(H,23,24);1-5,11-12,14-15H,6-9H2/t;11-,12+,13+/m.1/s1. The van der Waals surface area contributed by atoms with Crippen molar-refractivity contribution in [1.82, 2.24) is 5.32 Å². The highest BCUT2D eigenvalue weighted by Gasteiger charge is 2.69. The van der Waals surface area contributed by atoms with Crippen molar-refractivity contribution in [3.8, 4) is 0 Å². The molecule has 10 nitrogen and oxygen atoms in total. The van der Waals surface area contributed by atoms with Crippen molar-refractivity contribution in [3.63, 3.8) is 0 Å². The van der Waals surface area contributed by atoms with Gasteiger partial charge in [0.25, 0.3) is 11.2 Å². The first-order valence-electron chi connectivity index (χ1n) is 13.1. The monoisotopic (exact) mass is 561 g/mol. The maximum atomic E-state index is 12.6. The van der Waals surface area contributed by atoms with Crippen LogP contribution in [-0.4, -0.2) is 72.4 Å². The van der Waals surface area contributed by atoms with E-state index in [0.29, 0.717) is 6.04 Å². The highest BCUT2D eigenvalue weighted by Crippen LogP contribution is 2.43. The van der Waals surface area contributed by atoms with Gasteiger partial charge in [-0.1, -0.05) is 91.0 Å². The predicted molar refractivity (Wildman–Crippen MR) is 146 cm³/mol. The zero-order chi connectivity index (χ0) is 29.8. The molecular formula is C31H31NO9. The first-order chi connectivity index (χ1) is 19.5. The van der Waals surface area contributed by atoms with Crippen LogP contribution in [0.15, 0.2) is 91.0 Å². The molecule has 0 spiro atoms. The second kappa shape index (κ2) is 11.7. The molecule has 2 aliphatic heterocycles. The Hall–Kier alpha value is -4.22. The summed E-state index contributed by atoms with van der Waals surface area (Å²) in [6, 6.07) is 23.8. The number of carbonyl (C=O) groups is 4. The number of rotatable bonds is 8. The Balaban J connectivity index is 0.000000216. The number of aliphatic hydroxyl groups excluding tert-OH is 1. The van der Waals surface area contributed by atoms with Gasteiger partial charge in [0, 0.05) is 17.2 Å². The van der Waals surface area contributed by atoms with E-state index in [4.69, 9.17) is 0 Å². The molecule has 2 bridgehead atoms. The topological polar surface area (TPSA) is 181 Å². The van der Waals surface area contributed by atoms with Crippen LogP contribution in [0.5, 0.6) is 0 Å². The lowest BCUT2D eigenvalue weighted by molar-refractivity contribution is -0.187. The molecule has 2 aliphatic rings. The van der Waals surface area contributed by atoms with Gasteiger partial charge in [0.2, 0.25) is 11.6 Å². The number of benzene rings is 3. The van der Waals surface area contributed by atoms with Gasteiger partial charge in [-0.25, -0.2) is 9.59 Å². The van der Waals surface area contributed by atoms with E-state index >= 15 is 0 Å². The minimum atomic E-state index is -3.95. The van der Waals surface area contributed by atoms with Crippen LogP contribution in [0.1, 0.15) is 52.0 Å². The Labute approximate surface area is 235 Å². The van der Waals surface area contributed by atoms with Crippen LogP contribution < -0.4 is 5.32 Å². The molecule has 5 rings (SSSR count). The number of carbonyl (C=O) groups excluding carboxylic acids is 2. The number of carboxylic acids is 2. The van der Waals surface area contributed by atoms with E-state index in [0.717, 1.165) is 43.5 Å². The van der Waals surface area contributed by atoms with Gasteiger partial charge >= 0.3 is 11.9 Å². The van der Waals surface area contributed by atoms with Crippen LogP contribution in [0, 0.1) is 0 Å².